The Hall–Kier alpha value is -1.26. The lowest BCUT2D eigenvalue weighted by molar-refractivity contribution is -0.496. The van der Waals surface area contributed by atoms with Crippen LogP contribution in [-0.4, -0.2) is 13.9 Å². The van der Waals surface area contributed by atoms with Crippen LogP contribution in [0, 0.1) is 51.8 Å². The number of fused-ring (bicyclic) bond motifs is 2. The molecule has 138 valence electrons. The van der Waals surface area contributed by atoms with Crippen molar-refractivity contribution in [2.24, 2.45) is 51.8 Å². The Morgan fingerprint density at radius 1 is 0.923 bits per heavy atom. The van der Waals surface area contributed by atoms with Gasteiger partial charge in [0.25, 0.3) is 0 Å². The van der Waals surface area contributed by atoms with Crippen molar-refractivity contribution < 1.29 is 0 Å². The van der Waals surface area contributed by atoms with Gasteiger partial charge in [-0.15, -0.1) is 0 Å². The van der Waals surface area contributed by atoms with Gasteiger partial charge in [0, 0.05) is 6.04 Å². The monoisotopic (exact) mass is 353 g/mol. The van der Waals surface area contributed by atoms with E-state index in [-0.39, 0.29) is 28.3 Å². The quantitative estimate of drug-likeness (QED) is 0.779. The van der Waals surface area contributed by atoms with Crippen LogP contribution in [-0.2, 0) is 0 Å². The zero-order valence-electron chi connectivity index (χ0n) is 16.0. The lowest BCUT2D eigenvalue weighted by Crippen LogP contribution is -2.95. The van der Waals surface area contributed by atoms with Gasteiger partial charge < -0.3 is 0 Å². The van der Waals surface area contributed by atoms with E-state index in [0.29, 0.717) is 35.3 Å². The molecule has 0 N–H and O–H groups in total. The minimum atomic E-state index is 0.0199. The van der Waals surface area contributed by atoms with E-state index in [2.05, 4.69) is 27.7 Å². The van der Waals surface area contributed by atoms with Crippen molar-refractivity contribution in [2.75, 3.05) is 0 Å². The minimum absolute atomic E-state index is 0.0199. The van der Waals surface area contributed by atoms with Crippen LogP contribution in [0.25, 0.3) is 0 Å². The standard InChI is InChI=1S/C21H27N3O2/c1-19(2)8-5-6-20(19,3)9(7-8)22-17(25)23-15-10-11-13-12(10)16(24(23)18(22)26)21(13,4)14(11)15/h8-16H,5-7H2,1-4H3/t8-,9-,10-,11+,12-,13+,14+,15-,16-,20-,21+/m1/s1. The zero-order chi connectivity index (χ0) is 17.7. The highest BCUT2D eigenvalue weighted by atomic mass is 16.2. The maximum atomic E-state index is 13.6. The van der Waals surface area contributed by atoms with Gasteiger partial charge in [-0.05, 0) is 71.0 Å². The summed E-state index contributed by atoms with van der Waals surface area (Å²) in [5.74, 6) is 4.52. The Bertz CT molecular complexity index is 1060. The summed E-state index contributed by atoms with van der Waals surface area (Å²) < 4.78 is 5.64. The molecular weight excluding hydrogens is 326 g/mol. The van der Waals surface area contributed by atoms with Crippen LogP contribution >= 0.6 is 0 Å². The third-order valence-electron chi connectivity index (χ3n) is 12.0. The predicted molar refractivity (Wildman–Crippen MR) is 94.8 cm³/mol. The first kappa shape index (κ1) is 13.8. The fraction of sp³-hybridized carbons (Fsp3) is 0.905. The summed E-state index contributed by atoms with van der Waals surface area (Å²) in [6.07, 6.45) is 3.41. The molecule has 0 amide bonds. The van der Waals surface area contributed by atoms with Gasteiger partial charge in [0.05, 0.1) is 12.1 Å². The van der Waals surface area contributed by atoms with Gasteiger partial charge in [0.1, 0.15) is 0 Å². The molecular formula is C21H27N3O2. The summed E-state index contributed by atoms with van der Waals surface area (Å²) in [4.78, 5) is 27.1. The van der Waals surface area contributed by atoms with Crippen LogP contribution in [0.3, 0.4) is 0 Å². The number of nitrogens with zero attached hydrogens (tertiary/aromatic N) is 3. The molecule has 2 aliphatic heterocycles. The lowest BCUT2D eigenvalue weighted by atomic mass is 9.11. The Labute approximate surface area is 152 Å². The van der Waals surface area contributed by atoms with Gasteiger partial charge in [-0.3, -0.25) is 0 Å². The predicted octanol–water partition coefficient (Wildman–Crippen LogP) is 2.44. The molecule has 0 radical (unpaired) electrons. The maximum Gasteiger partial charge on any atom is 0.347 e. The number of hydrogen-bond donors (Lipinski definition) is 0. The molecule has 8 aliphatic rings. The number of aromatic nitrogens is 3. The van der Waals surface area contributed by atoms with Gasteiger partial charge in [-0.25, -0.2) is 23.5 Å². The Morgan fingerprint density at radius 2 is 1.65 bits per heavy atom. The van der Waals surface area contributed by atoms with Crippen molar-refractivity contribution in [3.05, 3.63) is 21.0 Å². The van der Waals surface area contributed by atoms with E-state index in [1.54, 1.807) is 4.57 Å². The Morgan fingerprint density at radius 3 is 2.27 bits per heavy atom. The Kier molecular flexibility index (Phi) is 1.71. The van der Waals surface area contributed by atoms with E-state index in [9.17, 15) is 9.59 Å². The van der Waals surface area contributed by atoms with Crippen molar-refractivity contribution in [2.45, 2.75) is 65.1 Å². The summed E-state index contributed by atoms with van der Waals surface area (Å²) in [6, 6.07) is 0.748. The second-order valence-corrected chi connectivity index (χ2v) is 11.8. The van der Waals surface area contributed by atoms with Crippen LogP contribution in [0.5, 0.6) is 0 Å². The van der Waals surface area contributed by atoms with Crippen LogP contribution in [0.15, 0.2) is 9.59 Å². The minimum Gasteiger partial charge on any atom is -0.246 e. The SMILES string of the molecule is CC1(C)[C@@H]2CC[C@]1(C)[C@H](n1c(=O)n3n(c1=O)[C@@H]1[C@@H]4[C@H]5[C@H]6[C@@H]4[C@@]1(C)[C@@H]6[C@@H]53)C2. The lowest BCUT2D eigenvalue weighted by Gasteiger charge is -2.96. The van der Waals surface area contributed by atoms with Crippen molar-refractivity contribution >= 4 is 0 Å². The van der Waals surface area contributed by atoms with Gasteiger partial charge in [0.2, 0.25) is 0 Å². The van der Waals surface area contributed by atoms with Crippen molar-refractivity contribution in [3.63, 3.8) is 0 Å². The smallest absolute Gasteiger partial charge is 0.246 e. The molecule has 1 aromatic heterocycles. The molecule has 5 nitrogen and oxygen atoms in total. The second kappa shape index (κ2) is 3.22. The second-order valence-electron chi connectivity index (χ2n) is 11.8. The third kappa shape index (κ3) is 0.861. The summed E-state index contributed by atoms with van der Waals surface area (Å²) in [7, 11) is 0. The molecule has 6 aliphatic carbocycles. The highest BCUT2D eigenvalue weighted by Crippen LogP contribution is 2.96. The molecule has 26 heavy (non-hydrogen) atoms. The van der Waals surface area contributed by atoms with Crippen molar-refractivity contribution in [1.82, 2.24) is 13.9 Å². The maximum absolute atomic E-state index is 13.6. The van der Waals surface area contributed by atoms with Crippen LogP contribution in [0.1, 0.15) is 65.1 Å². The molecule has 0 aromatic carbocycles. The zero-order valence-corrected chi connectivity index (χ0v) is 16.0. The van der Waals surface area contributed by atoms with E-state index in [0.717, 1.165) is 30.6 Å². The van der Waals surface area contributed by atoms with Gasteiger partial charge >= 0.3 is 11.4 Å². The number of hydrogen-bond acceptors (Lipinski definition) is 2. The highest BCUT2D eigenvalue weighted by Gasteiger charge is 2.95. The van der Waals surface area contributed by atoms with Crippen LogP contribution in [0.4, 0.5) is 0 Å². The summed E-state index contributed by atoms with van der Waals surface area (Å²) in [6.45, 7) is 9.47. The van der Waals surface area contributed by atoms with Gasteiger partial charge in [0.15, 0.2) is 0 Å². The average Bonchev–Trinajstić information content (AvgIpc) is 2.99. The van der Waals surface area contributed by atoms with E-state index >= 15 is 0 Å². The molecule has 9 rings (SSSR count). The number of rotatable bonds is 1. The van der Waals surface area contributed by atoms with Gasteiger partial charge in [-0.2, -0.15) is 0 Å². The highest BCUT2D eigenvalue weighted by molar-refractivity contribution is 5.42. The van der Waals surface area contributed by atoms with E-state index in [1.807, 2.05) is 9.36 Å². The third-order valence-corrected chi connectivity index (χ3v) is 12.0. The summed E-state index contributed by atoms with van der Waals surface area (Å²) >= 11 is 0. The topological polar surface area (TPSA) is 48.9 Å². The van der Waals surface area contributed by atoms with Gasteiger partial charge in [-0.1, -0.05) is 27.7 Å². The molecule has 3 heterocycles. The fourth-order valence-corrected chi connectivity index (χ4v) is 10.5. The van der Waals surface area contributed by atoms with E-state index in [1.165, 1.54) is 6.42 Å². The summed E-state index contributed by atoms with van der Waals surface area (Å²) in [5.41, 5.74) is 0.657. The largest absolute Gasteiger partial charge is 0.347 e. The van der Waals surface area contributed by atoms with E-state index in [4.69, 9.17) is 0 Å². The molecule has 6 saturated carbocycles. The molecule has 1 aromatic rings. The molecule has 0 saturated heterocycles. The first-order chi connectivity index (χ1) is 12.3. The van der Waals surface area contributed by atoms with E-state index < -0.39 is 0 Å². The molecule has 6 fully saturated rings. The first-order valence-electron chi connectivity index (χ1n) is 10.7. The van der Waals surface area contributed by atoms with Crippen molar-refractivity contribution in [3.8, 4) is 0 Å². The van der Waals surface area contributed by atoms with Crippen LogP contribution < -0.4 is 11.4 Å². The van der Waals surface area contributed by atoms with Crippen LogP contribution in [0.2, 0.25) is 0 Å². The molecule has 4 bridgehead atoms. The fourth-order valence-electron chi connectivity index (χ4n) is 10.5. The normalized spacial score (nSPS) is 62.7. The Balaban J connectivity index is 1.37. The first-order valence-corrected chi connectivity index (χ1v) is 10.7. The molecule has 0 spiro atoms. The van der Waals surface area contributed by atoms with Crippen molar-refractivity contribution in [1.29, 1.82) is 0 Å². The molecule has 0 unspecified atom stereocenters. The molecule has 5 heteroatoms. The summed E-state index contributed by atoms with van der Waals surface area (Å²) in [5, 5.41) is 0. The molecule has 11 atom stereocenters. The average molecular weight is 353 g/mol.